The molecule has 0 aromatic heterocycles. The summed E-state index contributed by atoms with van der Waals surface area (Å²) >= 11 is 0. The summed E-state index contributed by atoms with van der Waals surface area (Å²) in [5.41, 5.74) is 0.725. The maximum atomic E-state index is 13.0. The predicted octanol–water partition coefficient (Wildman–Crippen LogP) is 3.25. The van der Waals surface area contributed by atoms with Crippen molar-refractivity contribution in [2.75, 3.05) is 40.1 Å². The summed E-state index contributed by atoms with van der Waals surface area (Å²) in [6.45, 7) is 2.60. The van der Waals surface area contributed by atoms with Gasteiger partial charge in [-0.25, -0.2) is 12.7 Å². The van der Waals surface area contributed by atoms with Crippen LogP contribution in [0, 0.1) is 0 Å². The zero-order valence-electron chi connectivity index (χ0n) is 16.9. The molecule has 2 aromatic carbocycles. The Balaban J connectivity index is 2.74. The van der Waals surface area contributed by atoms with Crippen LogP contribution in [0.3, 0.4) is 0 Å². The van der Waals surface area contributed by atoms with E-state index in [1.807, 2.05) is 13.0 Å². The average Bonchev–Trinajstić information content (AvgIpc) is 2.66. The van der Waals surface area contributed by atoms with Crippen LogP contribution in [0.1, 0.15) is 23.7 Å². The van der Waals surface area contributed by atoms with E-state index in [2.05, 4.69) is 5.32 Å². The third kappa shape index (κ3) is 4.82. The van der Waals surface area contributed by atoms with Crippen LogP contribution in [0.5, 0.6) is 11.5 Å². The molecule has 0 saturated heterocycles. The van der Waals surface area contributed by atoms with Gasteiger partial charge in [0.15, 0.2) is 5.75 Å². The van der Waals surface area contributed by atoms with E-state index < -0.39 is 10.0 Å². The molecule has 0 bridgehead atoms. The van der Waals surface area contributed by atoms with E-state index >= 15 is 0 Å². The summed E-state index contributed by atoms with van der Waals surface area (Å²) in [7, 11) is 2.27. The SMILES string of the molecule is CCCNc1cc(C(=O)N(C)C)cc(S(=O)(=O)N(C)C)c1Oc1ccccc1. The van der Waals surface area contributed by atoms with Gasteiger partial charge in [-0.3, -0.25) is 4.79 Å². The van der Waals surface area contributed by atoms with Crippen molar-refractivity contribution in [3.63, 3.8) is 0 Å². The number of sulfonamides is 1. The fraction of sp³-hybridized carbons (Fsp3) is 0.350. The first-order valence-electron chi connectivity index (χ1n) is 8.97. The highest BCUT2D eigenvalue weighted by Crippen LogP contribution is 2.38. The van der Waals surface area contributed by atoms with Gasteiger partial charge in [0.2, 0.25) is 10.0 Å². The Hall–Kier alpha value is -2.58. The van der Waals surface area contributed by atoms with Gasteiger partial charge in [-0.15, -0.1) is 0 Å². The summed E-state index contributed by atoms with van der Waals surface area (Å²) in [5, 5.41) is 3.19. The molecule has 0 aliphatic carbocycles. The van der Waals surface area contributed by atoms with Crippen molar-refractivity contribution in [3.8, 4) is 11.5 Å². The van der Waals surface area contributed by atoms with Gasteiger partial charge in [0, 0.05) is 40.3 Å². The molecule has 8 heteroatoms. The van der Waals surface area contributed by atoms with Gasteiger partial charge in [0.05, 0.1) is 5.69 Å². The largest absolute Gasteiger partial charge is 0.454 e. The van der Waals surface area contributed by atoms with Gasteiger partial charge in [0.1, 0.15) is 10.6 Å². The minimum absolute atomic E-state index is 0.0624. The molecule has 1 amide bonds. The van der Waals surface area contributed by atoms with Crippen molar-refractivity contribution in [1.82, 2.24) is 9.21 Å². The third-order valence-corrected chi connectivity index (χ3v) is 5.82. The van der Waals surface area contributed by atoms with Crippen LogP contribution in [-0.2, 0) is 10.0 Å². The van der Waals surface area contributed by atoms with E-state index in [1.165, 1.54) is 25.1 Å². The number of amides is 1. The van der Waals surface area contributed by atoms with Gasteiger partial charge >= 0.3 is 0 Å². The Morgan fingerprint density at radius 1 is 1.07 bits per heavy atom. The van der Waals surface area contributed by atoms with Crippen LogP contribution in [0.25, 0.3) is 0 Å². The Morgan fingerprint density at radius 2 is 1.71 bits per heavy atom. The number of rotatable bonds is 8. The Kier molecular flexibility index (Phi) is 7.04. The molecular weight excluding hydrogens is 378 g/mol. The summed E-state index contributed by atoms with van der Waals surface area (Å²) in [4.78, 5) is 13.9. The molecule has 0 aliphatic heterocycles. The van der Waals surface area contributed by atoms with Crippen LogP contribution < -0.4 is 10.1 Å². The molecule has 0 unspecified atom stereocenters. The summed E-state index contributed by atoms with van der Waals surface area (Å²) in [6, 6.07) is 11.9. The maximum absolute atomic E-state index is 13.0. The lowest BCUT2D eigenvalue weighted by atomic mass is 10.1. The van der Waals surface area contributed by atoms with Crippen molar-refractivity contribution in [2.24, 2.45) is 0 Å². The predicted molar refractivity (Wildman–Crippen MR) is 111 cm³/mol. The van der Waals surface area contributed by atoms with Crippen molar-refractivity contribution >= 4 is 21.6 Å². The minimum atomic E-state index is -3.86. The van der Waals surface area contributed by atoms with Gasteiger partial charge in [0.25, 0.3) is 5.91 Å². The summed E-state index contributed by atoms with van der Waals surface area (Å²) in [6.07, 6.45) is 0.826. The molecule has 2 aromatic rings. The summed E-state index contributed by atoms with van der Waals surface area (Å²) in [5.74, 6) is 0.383. The zero-order valence-corrected chi connectivity index (χ0v) is 17.7. The lowest BCUT2D eigenvalue weighted by Gasteiger charge is -2.21. The Bertz CT molecular complexity index is 926. The highest BCUT2D eigenvalue weighted by atomic mass is 32.2. The quantitative estimate of drug-likeness (QED) is 0.729. The number of hydrogen-bond donors (Lipinski definition) is 1. The molecule has 1 N–H and O–H groups in total. The van der Waals surface area contributed by atoms with Crippen LogP contribution in [-0.4, -0.2) is 58.3 Å². The van der Waals surface area contributed by atoms with Gasteiger partial charge in [-0.2, -0.15) is 0 Å². The standard InChI is InChI=1S/C20H27N3O4S/c1-6-12-21-17-13-15(20(24)22(2)3)14-18(28(25,26)23(4)5)19(17)27-16-10-8-7-9-11-16/h7-11,13-14,21H,6,12H2,1-5H3. The van der Waals surface area contributed by atoms with E-state index in [9.17, 15) is 13.2 Å². The first kappa shape index (κ1) is 21.7. The molecule has 0 spiro atoms. The van der Waals surface area contributed by atoms with Crippen LogP contribution in [0.2, 0.25) is 0 Å². The number of carbonyl (C=O) groups excluding carboxylic acids is 1. The molecule has 0 radical (unpaired) electrons. The molecule has 0 heterocycles. The van der Waals surface area contributed by atoms with Crippen molar-refractivity contribution in [1.29, 1.82) is 0 Å². The van der Waals surface area contributed by atoms with Crippen molar-refractivity contribution < 1.29 is 17.9 Å². The number of nitrogens with one attached hydrogen (secondary N) is 1. The van der Waals surface area contributed by atoms with E-state index in [1.54, 1.807) is 44.4 Å². The topological polar surface area (TPSA) is 79.0 Å². The van der Waals surface area contributed by atoms with E-state index in [0.29, 0.717) is 18.0 Å². The number of hydrogen-bond acceptors (Lipinski definition) is 5. The molecule has 28 heavy (non-hydrogen) atoms. The first-order chi connectivity index (χ1) is 13.2. The maximum Gasteiger partial charge on any atom is 0.253 e. The van der Waals surface area contributed by atoms with E-state index in [-0.39, 0.29) is 22.1 Å². The zero-order chi connectivity index (χ0) is 20.9. The third-order valence-electron chi connectivity index (χ3n) is 4.00. The van der Waals surface area contributed by atoms with Crippen molar-refractivity contribution in [2.45, 2.75) is 18.2 Å². The number of anilines is 1. The number of benzene rings is 2. The van der Waals surface area contributed by atoms with Gasteiger partial charge < -0.3 is 15.0 Å². The summed E-state index contributed by atoms with van der Waals surface area (Å²) < 4.78 is 33.1. The molecule has 2 rings (SSSR count). The van der Waals surface area contributed by atoms with Crippen LogP contribution >= 0.6 is 0 Å². The monoisotopic (exact) mass is 405 g/mol. The fourth-order valence-electron chi connectivity index (χ4n) is 2.47. The average molecular weight is 406 g/mol. The highest BCUT2D eigenvalue weighted by Gasteiger charge is 2.28. The minimum Gasteiger partial charge on any atom is -0.454 e. The molecule has 0 fully saturated rings. The Morgan fingerprint density at radius 3 is 2.25 bits per heavy atom. The van der Waals surface area contributed by atoms with Gasteiger partial charge in [-0.1, -0.05) is 25.1 Å². The molecule has 152 valence electrons. The first-order valence-corrected chi connectivity index (χ1v) is 10.4. The second kappa shape index (κ2) is 9.07. The Labute approximate surface area is 167 Å². The van der Waals surface area contributed by atoms with E-state index in [4.69, 9.17) is 4.74 Å². The second-order valence-electron chi connectivity index (χ2n) is 6.68. The number of ether oxygens (including phenoxy) is 1. The number of para-hydroxylation sites is 1. The van der Waals surface area contributed by atoms with Crippen molar-refractivity contribution in [3.05, 3.63) is 48.0 Å². The van der Waals surface area contributed by atoms with E-state index in [0.717, 1.165) is 10.7 Å². The smallest absolute Gasteiger partial charge is 0.253 e. The lowest BCUT2D eigenvalue weighted by Crippen LogP contribution is -2.25. The molecule has 0 atom stereocenters. The fourth-order valence-corrected chi connectivity index (χ4v) is 3.53. The number of carbonyl (C=O) groups is 1. The number of nitrogens with zero attached hydrogens (tertiary/aromatic N) is 2. The van der Waals surface area contributed by atoms with Crippen LogP contribution in [0.4, 0.5) is 5.69 Å². The molecule has 0 aliphatic rings. The van der Waals surface area contributed by atoms with Gasteiger partial charge in [-0.05, 0) is 30.7 Å². The molecular formula is C20H27N3O4S. The molecule has 7 nitrogen and oxygen atoms in total. The molecule has 0 saturated carbocycles. The highest BCUT2D eigenvalue weighted by molar-refractivity contribution is 7.89. The lowest BCUT2D eigenvalue weighted by molar-refractivity contribution is 0.0827. The van der Waals surface area contributed by atoms with Crippen LogP contribution in [0.15, 0.2) is 47.4 Å². The normalized spacial score (nSPS) is 11.4. The second-order valence-corrected chi connectivity index (χ2v) is 8.80.